The minimum absolute atomic E-state index is 0.505. The molecule has 2 aromatic carbocycles. The van der Waals surface area contributed by atoms with E-state index in [0.717, 1.165) is 22.6 Å². The van der Waals surface area contributed by atoms with Crippen molar-refractivity contribution in [3.63, 3.8) is 0 Å². The number of hydrogen-bond donors (Lipinski definition) is 1. The van der Waals surface area contributed by atoms with Crippen molar-refractivity contribution in [2.24, 2.45) is 0 Å². The van der Waals surface area contributed by atoms with Gasteiger partial charge in [-0.25, -0.2) is 9.97 Å². The van der Waals surface area contributed by atoms with Crippen LogP contribution in [0.4, 0.5) is 17.3 Å². The predicted octanol–water partition coefficient (Wildman–Crippen LogP) is 5.26. The van der Waals surface area contributed by atoms with E-state index >= 15 is 0 Å². The second-order valence-electron chi connectivity index (χ2n) is 5.23. The zero-order valence-electron chi connectivity index (χ0n) is 13.3. The highest BCUT2D eigenvalue weighted by atomic mass is 35.5. The summed E-state index contributed by atoms with van der Waals surface area (Å²) >= 11 is 12.1. The highest BCUT2D eigenvalue weighted by Gasteiger charge is 2.10. The first-order valence-electron chi connectivity index (χ1n) is 7.38. The van der Waals surface area contributed by atoms with Crippen LogP contribution in [0.3, 0.4) is 0 Å². The van der Waals surface area contributed by atoms with Crippen LogP contribution in [0.5, 0.6) is 0 Å². The number of halogens is 2. The van der Waals surface area contributed by atoms with Crippen LogP contribution in [-0.2, 0) is 0 Å². The van der Waals surface area contributed by atoms with Gasteiger partial charge in [-0.2, -0.15) is 0 Å². The molecule has 0 saturated heterocycles. The van der Waals surface area contributed by atoms with Crippen LogP contribution < -0.4 is 10.2 Å². The van der Waals surface area contributed by atoms with Gasteiger partial charge in [0.1, 0.15) is 0 Å². The third kappa shape index (κ3) is 3.45. The van der Waals surface area contributed by atoms with E-state index in [1.807, 2.05) is 55.4 Å². The predicted molar refractivity (Wildman–Crippen MR) is 102 cm³/mol. The van der Waals surface area contributed by atoms with Gasteiger partial charge in [-0.15, -0.1) is 0 Å². The molecule has 0 fully saturated rings. The molecule has 122 valence electrons. The summed E-state index contributed by atoms with van der Waals surface area (Å²) in [5.74, 6) is 0.607. The fraction of sp³-hybridized carbons (Fsp3) is 0.111. The van der Waals surface area contributed by atoms with E-state index < -0.39 is 0 Å². The van der Waals surface area contributed by atoms with Crippen LogP contribution in [-0.4, -0.2) is 24.1 Å². The van der Waals surface area contributed by atoms with Gasteiger partial charge in [-0.1, -0.05) is 29.3 Å². The summed E-state index contributed by atoms with van der Waals surface area (Å²) in [5, 5.41) is 4.13. The molecule has 0 atom stereocenters. The summed E-state index contributed by atoms with van der Waals surface area (Å²) in [5.41, 5.74) is 3.74. The molecule has 0 aliphatic heterocycles. The Morgan fingerprint density at radius 1 is 0.958 bits per heavy atom. The molecule has 4 nitrogen and oxygen atoms in total. The molecule has 0 aliphatic rings. The molecule has 0 radical (unpaired) electrons. The topological polar surface area (TPSA) is 41.0 Å². The van der Waals surface area contributed by atoms with Crippen LogP contribution >= 0.6 is 23.2 Å². The SMILES string of the molecule is CNc1ccc(N(C)c2nccc(-c3ccc(Cl)c(Cl)c3)n2)cc1. The molecule has 0 saturated carbocycles. The van der Waals surface area contributed by atoms with Gasteiger partial charge in [-0.3, -0.25) is 0 Å². The summed E-state index contributed by atoms with van der Waals surface area (Å²) in [7, 11) is 3.82. The van der Waals surface area contributed by atoms with Gasteiger partial charge in [0, 0.05) is 37.2 Å². The van der Waals surface area contributed by atoms with Gasteiger partial charge in [0.2, 0.25) is 5.95 Å². The van der Waals surface area contributed by atoms with E-state index in [9.17, 15) is 0 Å². The Kier molecular flexibility index (Phi) is 4.88. The Hall–Kier alpha value is -2.30. The molecule has 0 bridgehead atoms. The van der Waals surface area contributed by atoms with Crippen molar-refractivity contribution in [1.82, 2.24) is 9.97 Å². The molecule has 1 N–H and O–H groups in total. The number of rotatable bonds is 4. The third-order valence-corrected chi connectivity index (χ3v) is 4.44. The van der Waals surface area contributed by atoms with Gasteiger partial charge in [0.05, 0.1) is 15.7 Å². The molecule has 0 spiro atoms. The fourth-order valence-electron chi connectivity index (χ4n) is 2.29. The Balaban J connectivity index is 1.92. The van der Waals surface area contributed by atoms with Gasteiger partial charge >= 0.3 is 0 Å². The number of nitrogens with one attached hydrogen (secondary N) is 1. The average molecular weight is 359 g/mol. The molecule has 1 aromatic heterocycles. The summed E-state index contributed by atoms with van der Waals surface area (Å²) in [6, 6.07) is 15.4. The average Bonchev–Trinajstić information content (AvgIpc) is 2.63. The van der Waals surface area contributed by atoms with Gasteiger partial charge in [0.15, 0.2) is 0 Å². The summed E-state index contributed by atoms with van der Waals surface area (Å²) in [6.07, 6.45) is 1.73. The van der Waals surface area contributed by atoms with Crippen molar-refractivity contribution in [1.29, 1.82) is 0 Å². The maximum Gasteiger partial charge on any atom is 0.230 e. The lowest BCUT2D eigenvalue weighted by Crippen LogP contribution is -2.13. The molecule has 1 heterocycles. The maximum atomic E-state index is 6.10. The molecule has 0 amide bonds. The minimum atomic E-state index is 0.505. The number of benzene rings is 2. The second kappa shape index (κ2) is 7.07. The van der Waals surface area contributed by atoms with E-state index in [0.29, 0.717) is 16.0 Å². The first kappa shape index (κ1) is 16.6. The summed E-state index contributed by atoms with van der Waals surface area (Å²) < 4.78 is 0. The minimum Gasteiger partial charge on any atom is -0.388 e. The van der Waals surface area contributed by atoms with E-state index in [2.05, 4.69) is 15.3 Å². The van der Waals surface area contributed by atoms with Crippen molar-refractivity contribution in [2.75, 3.05) is 24.3 Å². The summed E-state index contributed by atoms with van der Waals surface area (Å²) in [4.78, 5) is 10.9. The largest absolute Gasteiger partial charge is 0.388 e. The molecular formula is C18H16Cl2N4. The standard InChI is InChI=1S/C18H16Cl2N4/c1-21-13-4-6-14(7-5-13)24(2)18-22-10-9-17(23-18)12-3-8-15(19)16(20)11-12/h3-11,21H,1-2H3. The Labute approximate surface area is 151 Å². The van der Waals surface area contributed by atoms with Crippen LogP contribution in [0, 0.1) is 0 Å². The van der Waals surface area contributed by atoms with Crippen molar-refractivity contribution in [2.45, 2.75) is 0 Å². The smallest absolute Gasteiger partial charge is 0.230 e. The van der Waals surface area contributed by atoms with Crippen LogP contribution in [0.1, 0.15) is 0 Å². The normalized spacial score (nSPS) is 10.5. The Bertz CT molecular complexity index is 850. The highest BCUT2D eigenvalue weighted by molar-refractivity contribution is 6.42. The molecule has 6 heteroatoms. The van der Waals surface area contributed by atoms with Crippen molar-refractivity contribution < 1.29 is 0 Å². The van der Waals surface area contributed by atoms with Crippen LogP contribution in [0.25, 0.3) is 11.3 Å². The zero-order chi connectivity index (χ0) is 17.1. The van der Waals surface area contributed by atoms with Crippen LogP contribution in [0.15, 0.2) is 54.7 Å². The number of hydrogen-bond acceptors (Lipinski definition) is 4. The van der Waals surface area contributed by atoms with E-state index in [1.54, 1.807) is 18.3 Å². The maximum absolute atomic E-state index is 6.10. The molecule has 0 aliphatic carbocycles. The fourth-order valence-corrected chi connectivity index (χ4v) is 2.59. The monoisotopic (exact) mass is 358 g/mol. The number of aromatic nitrogens is 2. The van der Waals surface area contributed by atoms with Gasteiger partial charge in [-0.05, 0) is 42.5 Å². The van der Waals surface area contributed by atoms with E-state index in [4.69, 9.17) is 23.2 Å². The molecular weight excluding hydrogens is 343 g/mol. The number of nitrogens with zero attached hydrogens (tertiary/aromatic N) is 3. The lowest BCUT2D eigenvalue weighted by molar-refractivity contribution is 1.05. The first-order chi connectivity index (χ1) is 11.6. The summed E-state index contributed by atoms with van der Waals surface area (Å²) in [6.45, 7) is 0. The molecule has 24 heavy (non-hydrogen) atoms. The highest BCUT2D eigenvalue weighted by Crippen LogP contribution is 2.29. The molecule has 3 aromatic rings. The molecule has 3 rings (SSSR count). The van der Waals surface area contributed by atoms with Crippen LogP contribution in [0.2, 0.25) is 10.0 Å². The quantitative estimate of drug-likeness (QED) is 0.690. The Morgan fingerprint density at radius 2 is 1.71 bits per heavy atom. The van der Waals surface area contributed by atoms with Crippen molar-refractivity contribution in [3.05, 3.63) is 64.8 Å². The Morgan fingerprint density at radius 3 is 2.38 bits per heavy atom. The van der Waals surface area contributed by atoms with Gasteiger partial charge in [0.25, 0.3) is 0 Å². The van der Waals surface area contributed by atoms with Crippen molar-refractivity contribution in [3.8, 4) is 11.3 Å². The lowest BCUT2D eigenvalue weighted by Gasteiger charge is -2.18. The van der Waals surface area contributed by atoms with E-state index in [1.165, 1.54) is 0 Å². The lowest BCUT2D eigenvalue weighted by atomic mass is 10.1. The van der Waals surface area contributed by atoms with Gasteiger partial charge < -0.3 is 10.2 Å². The molecule has 0 unspecified atom stereocenters. The zero-order valence-corrected chi connectivity index (χ0v) is 14.8. The second-order valence-corrected chi connectivity index (χ2v) is 6.04. The first-order valence-corrected chi connectivity index (χ1v) is 8.14. The number of anilines is 3. The third-order valence-electron chi connectivity index (χ3n) is 3.70. The van der Waals surface area contributed by atoms with Crippen molar-refractivity contribution >= 4 is 40.5 Å². The van der Waals surface area contributed by atoms with E-state index in [-0.39, 0.29) is 0 Å².